The predicted octanol–water partition coefficient (Wildman–Crippen LogP) is 2.26. The van der Waals surface area contributed by atoms with E-state index < -0.39 is 29.2 Å². The summed E-state index contributed by atoms with van der Waals surface area (Å²) in [5.41, 5.74) is -0.839. The van der Waals surface area contributed by atoms with E-state index in [0.717, 1.165) is 22.1 Å². The van der Waals surface area contributed by atoms with Gasteiger partial charge >= 0.3 is 17.8 Å². The smallest absolute Gasteiger partial charge is 0.397 e. The Morgan fingerprint density at radius 1 is 1.20 bits per heavy atom. The van der Waals surface area contributed by atoms with E-state index >= 15 is 0 Å². The van der Waals surface area contributed by atoms with Gasteiger partial charge in [0.15, 0.2) is 5.69 Å². The zero-order valence-electron chi connectivity index (χ0n) is 15.9. The molecule has 0 fully saturated rings. The summed E-state index contributed by atoms with van der Waals surface area (Å²) in [5.74, 6) is -3.61. The Hall–Kier alpha value is -3.60. The fourth-order valence-corrected chi connectivity index (χ4v) is 3.56. The zero-order chi connectivity index (χ0) is 21.8. The number of fused-ring (bicyclic) bond motifs is 1. The van der Waals surface area contributed by atoms with Gasteiger partial charge in [-0.25, -0.2) is 14.0 Å². The molecule has 0 saturated carbocycles. The summed E-state index contributed by atoms with van der Waals surface area (Å²) in [5, 5.41) is 7.89. The summed E-state index contributed by atoms with van der Waals surface area (Å²) in [6, 6.07) is 5.07. The molecule has 1 aromatic carbocycles. The van der Waals surface area contributed by atoms with Gasteiger partial charge in [-0.15, -0.1) is 11.3 Å². The van der Waals surface area contributed by atoms with Gasteiger partial charge in [0.2, 0.25) is 0 Å². The maximum Gasteiger partial charge on any atom is 0.397 e. The molecule has 30 heavy (non-hydrogen) atoms. The number of nitrogens with zero attached hydrogens (tertiary/aromatic N) is 2. The number of thiophene rings is 1. The lowest BCUT2D eigenvalue weighted by Crippen LogP contribution is -2.27. The minimum absolute atomic E-state index is 0.000739. The number of halogens is 1. The van der Waals surface area contributed by atoms with Crippen LogP contribution in [-0.4, -0.2) is 40.8 Å². The van der Waals surface area contributed by atoms with Crippen LogP contribution in [0.25, 0.3) is 16.5 Å². The molecule has 0 unspecified atom stereocenters. The molecule has 1 N–H and O–H groups in total. The molecular formula is C19H16FN3O6S. The topological polar surface area (TPSA) is 117 Å². The Balaban J connectivity index is 2.22. The van der Waals surface area contributed by atoms with Crippen molar-refractivity contribution in [3.05, 3.63) is 51.5 Å². The number of aromatic nitrogens is 2. The van der Waals surface area contributed by atoms with Gasteiger partial charge in [-0.3, -0.25) is 9.59 Å². The Labute approximate surface area is 173 Å². The average Bonchev–Trinajstić information content (AvgIpc) is 3.12. The lowest BCUT2D eigenvalue weighted by atomic mass is 10.2. The van der Waals surface area contributed by atoms with Crippen LogP contribution in [0.1, 0.15) is 24.3 Å². The molecule has 2 aromatic heterocycles. The number of amides is 1. The summed E-state index contributed by atoms with van der Waals surface area (Å²) in [6.45, 7) is 3.22. The fourth-order valence-electron chi connectivity index (χ4n) is 2.63. The number of anilines is 1. The molecule has 1 amide bonds. The van der Waals surface area contributed by atoms with Crippen LogP contribution in [0.5, 0.6) is 0 Å². The minimum atomic E-state index is -1.12. The van der Waals surface area contributed by atoms with Gasteiger partial charge in [0.05, 0.1) is 24.3 Å². The number of nitrogens with one attached hydrogen (secondary N) is 1. The van der Waals surface area contributed by atoms with E-state index in [1.54, 1.807) is 13.8 Å². The van der Waals surface area contributed by atoms with Crippen LogP contribution in [-0.2, 0) is 19.1 Å². The third-order valence-corrected chi connectivity index (χ3v) is 4.76. The molecule has 0 bridgehead atoms. The molecule has 11 heteroatoms. The second-order valence-corrected chi connectivity index (χ2v) is 6.67. The maximum atomic E-state index is 13.7. The predicted molar refractivity (Wildman–Crippen MR) is 106 cm³/mol. The van der Waals surface area contributed by atoms with E-state index in [-0.39, 0.29) is 40.4 Å². The third-order valence-electron chi connectivity index (χ3n) is 3.86. The van der Waals surface area contributed by atoms with Gasteiger partial charge in [0.1, 0.15) is 10.8 Å². The lowest BCUT2D eigenvalue weighted by Gasteiger charge is -2.10. The average molecular weight is 433 g/mol. The normalized spacial score (nSPS) is 10.6. The highest BCUT2D eigenvalue weighted by Gasteiger charge is 2.24. The van der Waals surface area contributed by atoms with Gasteiger partial charge in [0.25, 0.3) is 5.56 Å². The first-order chi connectivity index (χ1) is 14.4. The molecule has 9 nitrogen and oxygen atoms in total. The molecule has 3 aromatic rings. The first-order valence-corrected chi connectivity index (χ1v) is 9.71. The maximum absolute atomic E-state index is 13.7. The molecular weight excluding hydrogens is 417 g/mol. The van der Waals surface area contributed by atoms with Crippen LogP contribution < -0.4 is 10.9 Å². The largest absolute Gasteiger partial charge is 0.461 e. The van der Waals surface area contributed by atoms with Crippen molar-refractivity contribution in [3.8, 4) is 5.69 Å². The van der Waals surface area contributed by atoms with Crippen molar-refractivity contribution >= 4 is 45.0 Å². The second-order valence-electron chi connectivity index (χ2n) is 5.79. The molecule has 0 aliphatic heterocycles. The number of carbonyl (C=O) groups is 3. The second kappa shape index (κ2) is 8.82. The molecule has 2 heterocycles. The van der Waals surface area contributed by atoms with Gasteiger partial charge in [-0.1, -0.05) is 6.07 Å². The van der Waals surface area contributed by atoms with Crippen molar-refractivity contribution in [2.45, 2.75) is 13.8 Å². The number of rotatable bonds is 5. The molecule has 0 saturated heterocycles. The van der Waals surface area contributed by atoms with Crippen molar-refractivity contribution in [1.29, 1.82) is 0 Å². The van der Waals surface area contributed by atoms with Crippen LogP contribution in [0.3, 0.4) is 0 Å². The summed E-state index contributed by atoms with van der Waals surface area (Å²) in [6.07, 6.45) is 0. The molecule has 156 valence electrons. The van der Waals surface area contributed by atoms with E-state index in [4.69, 9.17) is 4.74 Å². The summed E-state index contributed by atoms with van der Waals surface area (Å²) in [4.78, 5) is 49.2. The first kappa shape index (κ1) is 21.1. The Morgan fingerprint density at radius 2 is 1.93 bits per heavy atom. The Kier molecular flexibility index (Phi) is 6.21. The molecule has 0 aliphatic rings. The third kappa shape index (κ3) is 4.06. The summed E-state index contributed by atoms with van der Waals surface area (Å²) >= 11 is 0.923. The molecule has 0 aliphatic carbocycles. The summed E-state index contributed by atoms with van der Waals surface area (Å²) < 4.78 is 24.2. The van der Waals surface area contributed by atoms with Crippen molar-refractivity contribution in [2.24, 2.45) is 0 Å². The molecule has 0 spiro atoms. The molecule has 0 radical (unpaired) electrons. The van der Waals surface area contributed by atoms with E-state index in [1.165, 1.54) is 23.6 Å². The number of hydrogen-bond donors (Lipinski definition) is 1. The van der Waals surface area contributed by atoms with E-state index in [2.05, 4.69) is 15.2 Å². The van der Waals surface area contributed by atoms with Gasteiger partial charge in [-0.05, 0) is 32.0 Å². The van der Waals surface area contributed by atoms with Crippen LogP contribution in [0.4, 0.5) is 9.39 Å². The molecule has 0 atom stereocenters. The van der Waals surface area contributed by atoms with E-state index in [0.29, 0.717) is 0 Å². The highest BCUT2D eigenvalue weighted by Crippen LogP contribution is 2.30. The van der Waals surface area contributed by atoms with Gasteiger partial charge in [0, 0.05) is 10.8 Å². The highest BCUT2D eigenvalue weighted by atomic mass is 32.1. The monoisotopic (exact) mass is 433 g/mol. The number of hydrogen-bond acceptors (Lipinski definition) is 8. The first-order valence-electron chi connectivity index (χ1n) is 8.83. The van der Waals surface area contributed by atoms with Crippen LogP contribution >= 0.6 is 11.3 Å². The van der Waals surface area contributed by atoms with Gasteiger partial charge in [-0.2, -0.15) is 9.78 Å². The SMILES string of the molecule is CCOC(=O)C(=O)Nc1scc2c(C(=O)OCC)nn(-c3cccc(F)c3)c(=O)c12. The van der Waals surface area contributed by atoms with Crippen molar-refractivity contribution in [1.82, 2.24) is 9.78 Å². The Morgan fingerprint density at radius 3 is 2.60 bits per heavy atom. The lowest BCUT2D eigenvalue weighted by molar-refractivity contribution is -0.152. The number of benzene rings is 1. The van der Waals surface area contributed by atoms with E-state index in [9.17, 15) is 23.6 Å². The molecule has 3 rings (SSSR count). The number of esters is 2. The fraction of sp³-hybridized carbons (Fsp3) is 0.211. The van der Waals surface area contributed by atoms with Crippen LogP contribution in [0, 0.1) is 5.82 Å². The van der Waals surface area contributed by atoms with E-state index in [1.807, 2.05) is 0 Å². The van der Waals surface area contributed by atoms with Crippen LogP contribution in [0.15, 0.2) is 34.4 Å². The van der Waals surface area contributed by atoms with Gasteiger partial charge < -0.3 is 14.8 Å². The standard InChI is InChI=1S/C19H16FN3O6S/c1-3-28-18(26)14-12-9-30-16(21-15(24)19(27)29-4-2)13(12)17(25)23(22-14)11-7-5-6-10(20)8-11/h5-9H,3-4H2,1-2H3,(H,21,24). The summed E-state index contributed by atoms with van der Waals surface area (Å²) in [7, 11) is 0. The van der Waals surface area contributed by atoms with Crippen molar-refractivity contribution < 1.29 is 28.2 Å². The quantitative estimate of drug-likeness (QED) is 0.485. The Bertz CT molecular complexity index is 1200. The van der Waals surface area contributed by atoms with Crippen LogP contribution in [0.2, 0.25) is 0 Å². The van der Waals surface area contributed by atoms with Crippen molar-refractivity contribution in [3.63, 3.8) is 0 Å². The zero-order valence-corrected chi connectivity index (χ0v) is 16.7. The number of ether oxygens (including phenoxy) is 2. The van der Waals surface area contributed by atoms with Crippen molar-refractivity contribution in [2.75, 3.05) is 18.5 Å². The number of carbonyl (C=O) groups excluding carboxylic acids is 3. The minimum Gasteiger partial charge on any atom is -0.461 e. The highest BCUT2D eigenvalue weighted by molar-refractivity contribution is 7.16.